The van der Waals surface area contributed by atoms with Gasteiger partial charge in [0, 0.05) is 32.5 Å². The van der Waals surface area contributed by atoms with E-state index in [1.54, 1.807) is 29.2 Å². The third-order valence-corrected chi connectivity index (χ3v) is 4.86. The highest BCUT2D eigenvalue weighted by atomic mass is 16.5. The monoisotopic (exact) mass is 341 g/mol. The number of carbonyl (C=O) groups is 2. The van der Waals surface area contributed by atoms with Gasteiger partial charge in [0.05, 0.1) is 11.6 Å². The van der Waals surface area contributed by atoms with Crippen LogP contribution >= 0.6 is 0 Å². The molecule has 7 nitrogen and oxygen atoms in total. The maximum Gasteiger partial charge on any atom is 0.335 e. The van der Waals surface area contributed by atoms with E-state index in [9.17, 15) is 9.59 Å². The molecule has 25 heavy (non-hydrogen) atoms. The number of hydrogen-bond acceptors (Lipinski definition) is 4. The maximum absolute atomic E-state index is 12.7. The number of nitrogens with zero attached hydrogens (tertiary/aromatic N) is 3. The Morgan fingerprint density at radius 2 is 1.88 bits per heavy atom. The van der Waals surface area contributed by atoms with Crippen molar-refractivity contribution in [3.8, 4) is 0 Å². The van der Waals surface area contributed by atoms with Crippen molar-refractivity contribution in [3.05, 3.63) is 52.8 Å². The Balaban J connectivity index is 1.48. The Hall–Kier alpha value is -2.67. The second-order valence-corrected chi connectivity index (χ2v) is 6.47. The molecule has 7 heteroatoms. The number of ether oxygens (including phenoxy) is 1. The lowest BCUT2D eigenvalue weighted by molar-refractivity contribution is 0.0653. The number of aromatic nitrogens is 2. The van der Waals surface area contributed by atoms with E-state index in [0.29, 0.717) is 18.8 Å². The van der Waals surface area contributed by atoms with Gasteiger partial charge in [0.25, 0.3) is 5.91 Å². The number of rotatable bonds is 3. The molecule has 130 valence electrons. The molecule has 0 radical (unpaired) electrons. The van der Waals surface area contributed by atoms with Crippen molar-refractivity contribution in [2.24, 2.45) is 0 Å². The highest BCUT2D eigenvalue weighted by Crippen LogP contribution is 2.26. The molecule has 3 heterocycles. The molecule has 2 aliphatic rings. The predicted molar refractivity (Wildman–Crippen MR) is 88.3 cm³/mol. The first-order valence-electron chi connectivity index (χ1n) is 8.39. The van der Waals surface area contributed by atoms with E-state index in [2.05, 4.69) is 5.10 Å². The van der Waals surface area contributed by atoms with Gasteiger partial charge in [-0.05, 0) is 42.2 Å². The van der Waals surface area contributed by atoms with E-state index in [1.165, 1.54) is 0 Å². The lowest BCUT2D eigenvalue weighted by Gasteiger charge is -2.22. The third-order valence-electron chi connectivity index (χ3n) is 4.86. The van der Waals surface area contributed by atoms with Crippen molar-refractivity contribution in [3.63, 3.8) is 0 Å². The summed E-state index contributed by atoms with van der Waals surface area (Å²) in [6, 6.07) is 7.04. The zero-order chi connectivity index (χ0) is 17.4. The first kappa shape index (κ1) is 15.8. The first-order valence-corrected chi connectivity index (χ1v) is 8.39. The van der Waals surface area contributed by atoms with Gasteiger partial charge in [-0.25, -0.2) is 4.79 Å². The van der Waals surface area contributed by atoms with E-state index in [1.807, 2.05) is 10.9 Å². The van der Waals surface area contributed by atoms with Gasteiger partial charge in [-0.1, -0.05) is 6.07 Å². The van der Waals surface area contributed by atoms with Gasteiger partial charge in [0.2, 0.25) is 0 Å². The molecule has 0 spiro atoms. The van der Waals surface area contributed by atoms with Crippen LogP contribution in [0.4, 0.5) is 0 Å². The van der Waals surface area contributed by atoms with Crippen LogP contribution in [0.3, 0.4) is 0 Å². The molecule has 0 bridgehead atoms. The molecule has 1 amide bonds. The number of hydrogen-bond donors (Lipinski definition) is 1. The summed E-state index contributed by atoms with van der Waals surface area (Å²) in [5.74, 6) is -1.08. The van der Waals surface area contributed by atoms with Crippen molar-refractivity contribution >= 4 is 11.9 Å². The molecule has 0 unspecified atom stereocenters. The molecule has 2 aliphatic heterocycles. The number of carboxylic acids is 1. The second-order valence-electron chi connectivity index (χ2n) is 6.47. The minimum atomic E-state index is -0.956. The second kappa shape index (κ2) is 6.33. The average Bonchev–Trinajstić information content (AvgIpc) is 3.28. The van der Waals surface area contributed by atoms with Crippen LogP contribution in [0.1, 0.15) is 50.9 Å². The molecule has 2 aromatic rings. The van der Waals surface area contributed by atoms with Crippen LogP contribution in [0.15, 0.2) is 30.5 Å². The lowest BCUT2D eigenvalue weighted by Crippen LogP contribution is -2.26. The number of benzene rings is 1. The Kier molecular flexibility index (Phi) is 4.01. The van der Waals surface area contributed by atoms with Gasteiger partial charge in [0.1, 0.15) is 5.69 Å². The fourth-order valence-corrected chi connectivity index (χ4v) is 3.44. The Bertz CT molecular complexity index is 823. The zero-order valence-corrected chi connectivity index (χ0v) is 13.7. The highest BCUT2D eigenvalue weighted by Gasteiger charge is 2.27. The summed E-state index contributed by atoms with van der Waals surface area (Å²) in [7, 11) is 0. The highest BCUT2D eigenvalue weighted by molar-refractivity contribution is 5.93. The summed E-state index contributed by atoms with van der Waals surface area (Å²) >= 11 is 0. The van der Waals surface area contributed by atoms with Crippen LogP contribution < -0.4 is 0 Å². The lowest BCUT2D eigenvalue weighted by atomic mass is 10.1. The smallest absolute Gasteiger partial charge is 0.335 e. The molecule has 1 fully saturated rings. The fraction of sp³-hybridized carbons (Fsp3) is 0.389. The SMILES string of the molecule is O=C(O)c1ccc2c(c1)CN(C(=O)c1ccn(C3CCOCC3)n1)C2. The first-order chi connectivity index (χ1) is 12.1. The number of carbonyl (C=O) groups excluding carboxylic acids is 1. The normalized spacial score (nSPS) is 17.5. The topological polar surface area (TPSA) is 84.7 Å². The van der Waals surface area contributed by atoms with Gasteiger partial charge in [0.15, 0.2) is 0 Å². The van der Waals surface area contributed by atoms with E-state index in [0.717, 1.165) is 37.2 Å². The molecule has 1 N–H and O–H groups in total. The van der Waals surface area contributed by atoms with Crippen molar-refractivity contribution in [1.29, 1.82) is 0 Å². The minimum absolute atomic E-state index is 0.126. The van der Waals surface area contributed by atoms with Crippen molar-refractivity contribution < 1.29 is 19.4 Å². The van der Waals surface area contributed by atoms with E-state index in [4.69, 9.17) is 9.84 Å². The Morgan fingerprint density at radius 3 is 2.64 bits per heavy atom. The number of carboxylic acid groups (broad SMARTS) is 1. The molecule has 0 atom stereocenters. The van der Waals surface area contributed by atoms with Crippen LogP contribution in [0.5, 0.6) is 0 Å². The molecule has 1 aromatic carbocycles. The van der Waals surface area contributed by atoms with Crippen molar-refractivity contribution in [1.82, 2.24) is 14.7 Å². The number of fused-ring (bicyclic) bond motifs is 1. The summed E-state index contributed by atoms with van der Waals surface area (Å²) in [5.41, 5.74) is 2.55. The summed E-state index contributed by atoms with van der Waals surface area (Å²) < 4.78 is 7.22. The van der Waals surface area contributed by atoms with Gasteiger partial charge in [-0.2, -0.15) is 5.10 Å². The van der Waals surface area contributed by atoms with Gasteiger partial charge in [-0.3, -0.25) is 9.48 Å². The van der Waals surface area contributed by atoms with Crippen LogP contribution in [-0.4, -0.2) is 44.9 Å². The maximum atomic E-state index is 12.7. The Labute approximate surface area is 144 Å². The molecule has 0 saturated carbocycles. The summed E-state index contributed by atoms with van der Waals surface area (Å²) in [4.78, 5) is 25.5. The predicted octanol–water partition coefficient (Wildman–Crippen LogP) is 2.09. The van der Waals surface area contributed by atoms with E-state index >= 15 is 0 Å². The van der Waals surface area contributed by atoms with E-state index < -0.39 is 5.97 Å². The quantitative estimate of drug-likeness (QED) is 0.924. The molecular formula is C18H19N3O4. The van der Waals surface area contributed by atoms with Crippen LogP contribution in [-0.2, 0) is 17.8 Å². The molecule has 4 rings (SSSR count). The fourth-order valence-electron chi connectivity index (χ4n) is 3.44. The molecule has 1 saturated heterocycles. The van der Waals surface area contributed by atoms with E-state index in [-0.39, 0.29) is 17.5 Å². The van der Waals surface area contributed by atoms with Crippen LogP contribution in [0.25, 0.3) is 0 Å². The summed E-state index contributed by atoms with van der Waals surface area (Å²) in [5, 5.41) is 13.6. The molecule has 0 aliphatic carbocycles. The van der Waals surface area contributed by atoms with Gasteiger partial charge < -0.3 is 14.7 Å². The summed E-state index contributed by atoms with van der Waals surface area (Å²) in [6.45, 7) is 2.35. The largest absolute Gasteiger partial charge is 0.478 e. The standard InChI is InChI=1S/C18H19N3O4/c22-17(16-3-6-21(19-16)15-4-7-25-8-5-15)20-10-13-2-1-12(18(23)24)9-14(13)11-20/h1-3,6,9,15H,4-5,7-8,10-11H2,(H,23,24). The van der Waals surface area contributed by atoms with Crippen molar-refractivity contribution in [2.75, 3.05) is 13.2 Å². The zero-order valence-electron chi connectivity index (χ0n) is 13.7. The third kappa shape index (κ3) is 3.02. The number of amides is 1. The van der Waals surface area contributed by atoms with Crippen LogP contribution in [0, 0.1) is 0 Å². The average molecular weight is 341 g/mol. The van der Waals surface area contributed by atoms with Crippen LogP contribution in [0.2, 0.25) is 0 Å². The van der Waals surface area contributed by atoms with Crippen molar-refractivity contribution in [2.45, 2.75) is 32.0 Å². The Morgan fingerprint density at radius 1 is 1.12 bits per heavy atom. The van der Waals surface area contributed by atoms with Gasteiger partial charge in [-0.15, -0.1) is 0 Å². The molecule has 1 aromatic heterocycles. The summed E-state index contributed by atoms with van der Waals surface area (Å²) in [6.07, 6.45) is 3.67. The molecular weight excluding hydrogens is 322 g/mol. The van der Waals surface area contributed by atoms with Gasteiger partial charge >= 0.3 is 5.97 Å². The number of aromatic carboxylic acids is 1. The minimum Gasteiger partial charge on any atom is -0.478 e.